The second-order valence-corrected chi connectivity index (χ2v) is 6.66. The zero-order valence-corrected chi connectivity index (χ0v) is 13.2. The summed E-state index contributed by atoms with van der Waals surface area (Å²) in [7, 11) is 0. The van der Waals surface area contributed by atoms with Crippen LogP contribution in [0.5, 0.6) is 5.75 Å². The van der Waals surface area contributed by atoms with Crippen LogP contribution >= 0.6 is 0 Å². The summed E-state index contributed by atoms with van der Waals surface area (Å²) in [5.74, 6) is 1.01. The molecule has 0 spiro atoms. The third kappa shape index (κ3) is 2.99. The molecule has 1 atom stereocenters. The Morgan fingerprint density at radius 1 is 1.12 bits per heavy atom. The first-order valence-electron chi connectivity index (χ1n) is 8.20. The maximum absolute atomic E-state index is 12.9. The zero-order valence-electron chi connectivity index (χ0n) is 13.2. The van der Waals surface area contributed by atoms with E-state index in [4.69, 9.17) is 4.74 Å². The molecule has 128 valence electrons. The van der Waals surface area contributed by atoms with Gasteiger partial charge in [0.1, 0.15) is 5.75 Å². The van der Waals surface area contributed by atoms with Gasteiger partial charge in [-0.25, -0.2) is 0 Å². The molecular formula is C17H18F3N3O. The molecule has 0 amide bonds. The Hall–Kier alpha value is -2.05. The number of aromatic amines is 1. The molecule has 0 radical (unpaired) electrons. The molecular weight excluding hydrogens is 319 g/mol. The monoisotopic (exact) mass is 337 g/mol. The van der Waals surface area contributed by atoms with Gasteiger partial charge in [-0.05, 0) is 44.4 Å². The number of hydrogen-bond donors (Lipinski definition) is 1. The van der Waals surface area contributed by atoms with Crippen LogP contribution in [0.1, 0.15) is 55.6 Å². The molecule has 4 nitrogen and oxygen atoms in total. The van der Waals surface area contributed by atoms with E-state index in [0.29, 0.717) is 11.6 Å². The first kappa shape index (κ1) is 15.5. The molecule has 0 bridgehead atoms. The van der Waals surface area contributed by atoms with Crippen LogP contribution in [0.15, 0.2) is 18.5 Å². The summed E-state index contributed by atoms with van der Waals surface area (Å²) >= 11 is 0. The number of aromatic nitrogens is 3. The van der Waals surface area contributed by atoms with Gasteiger partial charge in [-0.2, -0.15) is 18.3 Å². The van der Waals surface area contributed by atoms with E-state index in [9.17, 15) is 13.2 Å². The quantitative estimate of drug-likeness (QED) is 0.870. The summed E-state index contributed by atoms with van der Waals surface area (Å²) in [4.78, 5) is 4.45. The predicted octanol–water partition coefficient (Wildman–Crippen LogP) is 4.56. The van der Waals surface area contributed by atoms with Crippen molar-refractivity contribution < 1.29 is 17.9 Å². The van der Waals surface area contributed by atoms with E-state index in [1.165, 1.54) is 0 Å². The molecule has 4 rings (SSSR count). The highest BCUT2D eigenvalue weighted by atomic mass is 19.4. The summed E-state index contributed by atoms with van der Waals surface area (Å²) in [5.41, 5.74) is 3.21. The minimum absolute atomic E-state index is 0.256. The van der Waals surface area contributed by atoms with Gasteiger partial charge in [0.15, 0.2) is 6.10 Å². The van der Waals surface area contributed by atoms with E-state index in [2.05, 4.69) is 15.2 Å². The minimum Gasteiger partial charge on any atom is -0.481 e. The Balaban J connectivity index is 1.69. The molecule has 2 saturated carbocycles. The van der Waals surface area contributed by atoms with E-state index >= 15 is 0 Å². The number of nitrogens with zero attached hydrogens (tertiary/aromatic N) is 2. The Labute approximate surface area is 137 Å². The van der Waals surface area contributed by atoms with E-state index in [-0.39, 0.29) is 11.7 Å². The molecule has 1 N–H and O–H groups in total. The van der Waals surface area contributed by atoms with Gasteiger partial charge >= 0.3 is 6.18 Å². The molecule has 2 aliphatic carbocycles. The fraction of sp³-hybridized carbons (Fsp3) is 0.529. The molecule has 2 aromatic rings. The van der Waals surface area contributed by atoms with E-state index in [1.54, 1.807) is 18.5 Å². The van der Waals surface area contributed by atoms with Gasteiger partial charge in [0.05, 0.1) is 17.6 Å². The van der Waals surface area contributed by atoms with Crippen LogP contribution < -0.4 is 4.74 Å². The number of ether oxygens (including phenoxy) is 1. The molecule has 2 aromatic heterocycles. The number of alkyl halides is 3. The third-order valence-corrected chi connectivity index (χ3v) is 4.62. The normalized spacial score (nSPS) is 19.3. The predicted molar refractivity (Wildman–Crippen MR) is 81.9 cm³/mol. The molecule has 2 heterocycles. The first-order valence-corrected chi connectivity index (χ1v) is 8.20. The van der Waals surface area contributed by atoms with Gasteiger partial charge in [0.25, 0.3) is 0 Å². The molecule has 24 heavy (non-hydrogen) atoms. The van der Waals surface area contributed by atoms with Gasteiger partial charge in [0.2, 0.25) is 0 Å². The Kier molecular flexibility index (Phi) is 3.54. The van der Waals surface area contributed by atoms with Crippen molar-refractivity contribution in [3.8, 4) is 17.1 Å². The SMILES string of the molecule is C[C@H](Oc1cc(-c2[nH]ncc2C2CC2)ncc1C1CC1)C(F)(F)F. The number of nitrogens with one attached hydrogen (secondary N) is 1. The Bertz CT molecular complexity index is 748. The zero-order chi connectivity index (χ0) is 16.9. The van der Waals surface area contributed by atoms with Crippen LogP contribution in [-0.2, 0) is 0 Å². The summed E-state index contributed by atoms with van der Waals surface area (Å²) in [6.45, 7) is 1.03. The van der Waals surface area contributed by atoms with Gasteiger partial charge < -0.3 is 4.74 Å². The van der Waals surface area contributed by atoms with Crippen molar-refractivity contribution in [2.24, 2.45) is 0 Å². The van der Waals surface area contributed by atoms with Crippen LogP contribution in [0, 0.1) is 0 Å². The number of rotatable bonds is 5. The highest BCUT2D eigenvalue weighted by molar-refractivity contribution is 5.62. The summed E-state index contributed by atoms with van der Waals surface area (Å²) in [5, 5.41) is 7.00. The molecule has 0 aliphatic heterocycles. The lowest BCUT2D eigenvalue weighted by Gasteiger charge is -2.20. The van der Waals surface area contributed by atoms with Gasteiger partial charge in [0, 0.05) is 23.4 Å². The average Bonchev–Trinajstić information content (AvgIpc) is 3.45. The van der Waals surface area contributed by atoms with Gasteiger partial charge in [-0.1, -0.05) is 0 Å². The molecule has 2 fully saturated rings. The maximum atomic E-state index is 12.9. The first-order chi connectivity index (χ1) is 11.4. The lowest BCUT2D eigenvalue weighted by atomic mass is 10.1. The lowest BCUT2D eigenvalue weighted by molar-refractivity contribution is -0.189. The van der Waals surface area contributed by atoms with Crippen molar-refractivity contribution in [1.82, 2.24) is 15.2 Å². The standard InChI is InChI=1S/C17H18F3N3O/c1-9(17(18,19)20)24-15-6-14(21-7-12(15)10-2-3-10)16-13(8-22-23-16)11-4-5-11/h6-11H,2-5H2,1H3,(H,22,23)/t9-/m0/s1. The van der Waals surface area contributed by atoms with Crippen molar-refractivity contribution in [3.63, 3.8) is 0 Å². The number of hydrogen-bond acceptors (Lipinski definition) is 3. The lowest BCUT2D eigenvalue weighted by Crippen LogP contribution is -2.31. The topological polar surface area (TPSA) is 50.8 Å². The summed E-state index contributed by atoms with van der Waals surface area (Å²) in [6, 6.07) is 1.62. The number of H-pyrrole nitrogens is 1. The van der Waals surface area contributed by atoms with E-state index < -0.39 is 12.3 Å². The molecule has 2 aliphatic rings. The number of pyridine rings is 1. The second kappa shape index (κ2) is 5.50. The molecule has 0 aromatic carbocycles. The number of halogens is 3. The van der Waals surface area contributed by atoms with Crippen molar-refractivity contribution in [2.75, 3.05) is 0 Å². The van der Waals surface area contributed by atoms with Crippen LogP contribution in [0.2, 0.25) is 0 Å². The van der Waals surface area contributed by atoms with Crippen molar-refractivity contribution in [2.45, 2.75) is 56.7 Å². The fourth-order valence-electron chi connectivity index (χ4n) is 2.85. The van der Waals surface area contributed by atoms with Crippen molar-refractivity contribution in [1.29, 1.82) is 0 Å². The van der Waals surface area contributed by atoms with Crippen LogP contribution in [0.3, 0.4) is 0 Å². The molecule has 0 saturated heterocycles. The molecule has 0 unspecified atom stereocenters. The Morgan fingerprint density at radius 2 is 1.79 bits per heavy atom. The smallest absolute Gasteiger partial charge is 0.425 e. The Morgan fingerprint density at radius 3 is 2.42 bits per heavy atom. The third-order valence-electron chi connectivity index (χ3n) is 4.62. The van der Waals surface area contributed by atoms with E-state index in [1.807, 2.05) is 0 Å². The second-order valence-electron chi connectivity index (χ2n) is 6.66. The van der Waals surface area contributed by atoms with E-state index in [0.717, 1.165) is 49.4 Å². The highest BCUT2D eigenvalue weighted by Crippen LogP contribution is 2.47. The van der Waals surface area contributed by atoms with Crippen LogP contribution in [0.25, 0.3) is 11.4 Å². The minimum atomic E-state index is -4.39. The van der Waals surface area contributed by atoms with Gasteiger partial charge in [-0.15, -0.1) is 0 Å². The van der Waals surface area contributed by atoms with Crippen molar-refractivity contribution in [3.05, 3.63) is 29.6 Å². The largest absolute Gasteiger partial charge is 0.481 e. The van der Waals surface area contributed by atoms with Crippen LogP contribution in [0.4, 0.5) is 13.2 Å². The maximum Gasteiger partial charge on any atom is 0.425 e. The summed E-state index contributed by atoms with van der Waals surface area (Å²) in [6.07, 6.45) is 1.35. The summed E-state index contributed by atoms with van der Waals surface area (Å²) < 4.78 is 43.9. The van der Waals surface area contributed by atoms with Gasteiger partial charge in [-0.3, -0.25) is 10.1 Å². The molecule has 7 heteroatoms. The average molecular weight is 337 g/mol. The van der Waals surface area contributed by atoms with Crippen LogP contribution in [-0.4, -0.2) is 27.5 Å². The highest BCUT2D eigenvalue weighted by Gasteiger charge is 2.39. The fourth-order valence-corrected chi connectivity index (χ4v) is 2.85. The van der Waals surface area contributed by atoms with Crippen molar-refractivity contribution >= 4 is 0 Å².